The average Bonchev–Trinajstić information content (AvgIpc) is 2.26. The lowest BCUT2D eigenvalue weighted by Gasteiger charge is -2.09. The van der Waals surface area contributed by atoms with E-state index in [-0.39, 0.29) is 5.91 Å². The van der Waals surface area contributed by atoms with E-state index in [1.165, 1.54) is 20.1 Å². The summed E-state index contributed by atoms with van der Waals surface area (Å²) in [7, 11) is 1.48. The quantitative estimate of drug-likeness (QED) is 0.779. The highest BCUT2D eigenvalue weighted by molar-refractivity contribution is 5.91. The SMILES string of the molecule is COc1cc(C=CC(=O)O)ccc1NC(C)=O. The van der Waals surface area contributed by atoms with Gasteiger partial charge >= 0.3 is 5.97 Å². The summed E-state index contributed by atoms with van der Waals surface area (Å²) in [6.45, 7) is 1.40. The van der Waals surface area contributed by atoms with Crippen molar-refractivity contribution in [3.05, 3.63) is 29.8 Å². The molecule has 1 aromatic carbocycles. The fraction of sp³-hybridized carbons (Fsp3) is 0.167. The number of amides is 1. The van der Waals surface area contributed by atoms with E-state index in [9.17, 15) is 9.59 Å². The van der Waals surface area contributed by atoms with Crippen LogP contribution in [0.25, 0.3) is 6.08 Å². The number of hydrogen-bond acceptors (Lipinski definition) is 3. The summed E-state index contributed by atoms with van der Waals surface area (Å²) in [4.78, 5) is 21.3. The van der Waals surface area contributed by atoms with Crippen molar-refractivity contribution in [1.29, 1.82) is 0 Å². The number of carbonyl (C=O) groups is 2. The van der Waals surface area contributed by atoms with Crippen molar-refractivity contribution in [3.63, 3.8) is 0 Å². The van der Waals surface area contributed by atoms with Crippen LogP contribution in [0.15, 0.2) is 24.3 Å². The smallest absolute Gasteiger partial charge is 0.328 e. The summed E-state index contributed by atoms with van der Waals surface area (Å²) in [6, 6.07) is 4.99. The summed E-state index contributed by atoms with van der Waals surface area (Å²) in [5.74, 6) is -0.736. The van der Waals surface area contributed by atoms with Gasteiger partial charge in [-0.1, -0.05) is 6.07 Å². The third-order valence-corrected chi connectivity index (χ3v) is 1.95. The predicted molar refractivity (Wildman–Crippen MR) is 64.0 cm³/mol. The van der Waals surface area contributed by atoms with Crippen LogP contribution in [0, 0.1) is 0 Å². The summed E-state index contributed by atoms with van der Waals surface area (Å²) in [6.07, 6.45) is 2.48. The number of aliphatic carboxylic acids is 1. The molecule has 0 unspecified atom stereocenters. The van der Waals surface area contributed by atoms with Gasteiger partial charge in [0, 0.05) is 13.0 Å². The van der Waals surface area contributed by atoms with E-state index >= 15 is 0 Å². The van der Waals surface area contributed by atoms with Crippen molar-refractivity contribution >= 4 is 23.6 Å². The normalized spacial score (nSPS) is 10.2. The predicted octanol–water partition coefficient (Wildman–Crippen LogP) is 1.75. The molecule has 0 spiro atoms. The fourth-order valence-corrected chi connectivity index (χ4v) is 1.27. The molecule has 0 aliphatic carbocycles. The second-order valence-electron chi connectivity index (χ2n) is 3.31. The maximum absolute atomic E-state index is 10.9. The molecule has 5 nitrogen and oxygen atoms in total. The molecule has 1 amide bonds. The van der Waals surface area contributed by atoms with Gasteiger partial charge in [-0.15, -0.1) is 0 Å². The van der Waals surface area contributed by atoms with Crippen molar-refractivity contribution in [2.75, 3.05) is 12.4 Å². The zero-order valence-corrected chi connectivity index (χ0v) is 9.56. The standard InChI is InChI=1S/C12H13NO4/c1-8(14)13-10-5-3-9(4-6-12(15)16)7-11(10)17-2/h3-7H,1-2H3,(H,13,14)(H,15,16). The van der Waals surface area contributed by atoms with E-state index in [2.05, 4.69) is 5.32 Å². The Balaban J connectivity index is 2.99. The van der Waals surface area contributed by atoms with Gasteiger partial charge in [0.1, 0.15) is 5.75 Å². The Morgan fingerprint density at radius 3 is 2.65 bits per heavy atom. The molecule has 0 bridgehead atoms. The largest absolute Gasteiger partial charge is 0.495 e. The summed E-state index contributed by atoms with van der Waals surface area (Å²) in [5.41, 5.74) is 1.23. The Morgan fingerprint density at radius 2 is 2.12 bits per heavy atom. The lowest BCUT2D eigenvalue weighted by Crippen LogP contribution is -2.07. The zero-order valence-electron chi connectivity index (χ0n) is 9.56. The van der Waals surface area contributed by atoms with Crippen molar-refractivity contribution in [2.24, 2.45) is 0 Å². The number of carboxylic acid groups (broad SMARTS) is 1. The Kier molecular flexibility index (Phi) is 4.28. The highest BCUT2D eigenvalue weighted by atomic mass is 16.5. The summed E-state index contributed by atoms with van der Waals surface area (Å²) < 4.78 is 5.10. The molecule has 17 heavy (non-hydrogen) atoms. The zero-order chi connectivity index (χ0) is 12.8. The molecule has 5 heteroatoms. The van der Waals surface area contributed by atoms with Gasteiger partial charge in [0.15, 0.2) is 0 Å². The Labute approximate surface area is 98.7 Å². The van der Waals surface area contributed by atoms with E-state index in [0.717, 1.165) is 6.08 Å². The fourth-order valence-electron chi connectivity index (χ4n) is 1.27. The van der Waals surface area contributed by atoms with Crippen LogP contribution in [-0.2, 0) is 9.59 Å². The van der Waals surface area contributed by atoms with Gasteiger partial charge in [0.25, 0.3) is 0 Å². The molecular formula is C12H13NO4. The Bertz CT molecular complexity index is 466. The number of hydrogen-bond donors (Lipinski definition) is 2. The molecular weight excluding hydrogens is 222 g/mol. The third-order valence-electron chi connectivity index (χ3n) is 1.95. The first kappa shape index (κ1) is 12.8. The molecule has 1 aromatic rings. The van der Waals surface area contributed by atoms with Gasteiger partial charge in [-0.2, -0.15) is 0 Å². The van der Waals surface area contributed by atoms with Crippen molar-refractivity contribution < 1.29 is 19.4 Å². The number of carbonyl (C=O) groups excluding carboxylic acids is 1. The van der Waals surface area contributed by atoms with Crippen molar-refractivity contribution in [1.82, 2.24) is 0 Å². The number of rotatable bonds is 4. The number of nitrogens with one attached hydrogen (secondary N) is 1. The molecule has 0 atom stereocenters. The first-order chi connectivity index (χ1) is 8.02. The van der Waals surface area contributed by atoms with Crippen LogP contribution < -0.4 is 10.1 Å². The minimum Gasteiger partial charge on any atom is -0.495 e. The molecule has 0 saturated carbocycles. The topological polar surface area (TPSA) is 75.6 Å². The molecule has 0 radical (unpaired) electrons. The van der Waals surface area contributed by atoms with Crippen LogP contribution in [-0.4, -0.2) is 24.1 Å². The second-order valence-corrected chi connectivity index (χ2v) is 3.31. The van der Waals surface area contributed by atoms with E-state index in [1.54, 1.807) is 18.2 Å². The highest BCUT2D eigenvalue weighted by Crippen LogP contribution is 2.26. The van der Waals surface area contributed by atoms with Gasteiger partial charge in [0.05, 0.1) is 12.8 Å². The maximum Gasteiger partial charge on any atom is 0.328 e. The number of methoxy groups -OCH3 is 1. The van der Waals surface area contributed by atoms with Crippen LogP contribution in [0.5, 0.6) is 5.75 Å². The van der Waals surface area contributed by atoms with Crippen LogP contribution >= 0.6 is 0 Å². The van der Waals surface area contributed by atoms with Gasteiger partial charge in [-0.3, -0.25) is 4.79 Å². The van der Waals surface area contributed by atoms with Gasteiger partial charge in [-0.05, 0) is 23.8 Å². The van der Waals surface area contributed by atoms with E-state index in [1.807, 2.05) is 0 Å². The first-order valence-electron chi connectivity index (χ1n) is 4.89. The lowest BCUT2D eigenvalue weighted by atomic mass is 10.1. The molecule has 0 fully saturated rings. The monoisotopic (exact) mass is 235 g/mol. The van der Waals surface area contributed by atoms with E-state index in [0.29, 0.717) is 17.0 Å². The van der Waals surface area contributed by atoms with Gasteiger partial charge in [0.2, 0.25) is 5.91 Å². The minimum atomic E-state index is -1.02. The van der Waals surface area contributed by atoms with Crippen LogP contribution in [0.2, 0.25) is 0 Å². The van der Waals surface area contributed by atoms with Crippen molar-refractivity contribution in [2.45, 2.75) is 6.92 Å². The first-order valence-corrected chi connectivity index (χ1v) is 4.89. The number of benzene rings is 1. The number of carboxylic acids is 1. The molecule has 90 valence electrons. The molecule has 0 heterocycles. The van der Waals surface area contributed by atoms with Gasteiger partial charge in [-0.25, -0.2) is 4.79 Å². The van der Waals surface area contributed by atoms with E-state index in [4.69, 9.17) is 9.84 Å². The Hall–Kier alpha value is -2.30. The maximum atomic E-state index is 10.9. The van der Waals surface area contributed by atoms with Crippen LogP contribution in [0.1, 0.15) is 12.5 Å². The molecule has 0 aliphatic heterocycles. The molecule has 0 saturated heterocycles. The molecule has 1 rings (SSSR count). The minimum absolute atomic E-state index is 0.197. The second kappa shape index (κ2) is 5.69. The summed E-state index contributed by atoms with van der Waals surface area (Å²) in [5, 5.41) is 11.1. The number of anilines is 1. The lowest BCUT2D eigenvalue weighted by molar-refractivity contribution is -0.131. The molecule has 0 aromatic heterocycles. The summed E-state index contributed by atoms with van der Waals surface area (Å²) >= 11 is 0. The van der Waals surface area contributed by atoms with Crippen LogP contribution in [0.4, 0.5) is 5.69 Å². The van der Waals surface area contributed by atoms with Crippen molar-refractivity contribution in [3.8, 4) is 5.75 Å². The number of ether oxygens (including phenoxy) is 1. The third kappa shape index (κ3) is 3.98. The van der Waals surface area contributed by atoms with Crippen LogP contribution in [0.3, 0.4) is 0 Å². The van der Waals surface area contributed by atoms with Gasteiger partial charge < -0.3 is 15.2 Å². The average molecular weight is 235 g/mol. The highest BCUT2D eigenvalue weighted by Gasteiger charge is 2.04. The Morgan fingerprint density at radius 1 is 1.41 bits per heavy atom. The molecule has 2 N–H and O–H groups in total. The van der Waals surface area contributed by atoms with E-state index < -0.39 is 5.97 Å². The molecule has 0 aliphatic rings.